The molecule has 6 aromatic carbocycles. The molecular formula is C42H40BNS. The van der Waals surface area contributed by atoms with Crippen LogP contribution in [0.4, 0.5) is 0 Å². The van der Waals surface area contributed by atoms with Crippen molar-refractivity contribution < 1.29 is 0 Å². The van der Waals surface area contributed by atoms with Gasteiger partial charge in [-0.3, -0.25) is 0 Å². The third-order valence-electron chi connectivity index (χ3n) is 8.92. The molecule has 0 saturated heterocycles. The Balaban J connectivity index is 0.000000178. The molecule has 1 nitrogen and oxygen atoms in total. The molecule has 1 unspecified atom stereocenters. The first-order chi connectivity index (χ1) is 22.2. The molecule has 222 valence electrons. The zero-order valence-electron chi connectivity index (χ0n) is 26.2. The maximum Gasteiger partial charge on any atom is 0.161 e. The Morgan fingerprint density at radius 2 is 0.889 bits per heavy atom. The van der Waals surface area contributed by atoms with E-state index in [4.69, 9.17) is 5.26 Å². The average molecular weight is 602 g/mol. The van der Waals surface area contributed by atoms with E-state index >= 15 is 0 Å². The molecule has 0 bridgehead atoms. The van der Waals surface area contributed by atoms with Gasteiger partial charge in [0.2, 0.25) is 0 Å². The maximum absolute atomic E-state index is 8.92. The first kappa shape index (κ1) is 31.6. The van der Waals surface area contributed by atoms with Crippen LogP contribution in [-0.4, -0.2) is 6.15 Å². The lowest BCUT2D eigenvalue weighted by Gasteiger charge is -2.48. The molecule has 0 saturated carbocycles. The minimum absolute atomic E-state index is 0.00631. The highest BCUT2D eigenvalue weighted by Crippen LogP contribution is 2.27. The summed E-state index contributed by atoms with van der Waals surface area (Å²) in [6.07, 6.45) is 0.177. The maximum atomic E-state index is 8.92. The van der Waals surface area contributed by atoms with E-state index in [1.165, 1.54) is 31.7 Å². The largest absolute Gasteiger partial charge is 0.200 e. The monoisotopic (exact) mass is 601 g/mol. The lowest BCUT2D eigenvalue weighted by molar-refractivity contribution is 0.857. The minimum atomic E-state index is -0.974. The first-order valence-corrected chi connectivity index (χ1v) is 17.2. The van der Waals surface area contributed by atoms with E-state index in [0.717, 1.165) is 12.2 Å². The molecule has 45 heavy (non-hydrogen) atoms. The summed E-state index contributed by atoms with van der Waals surface area (Å²) in [5.74, 6) is 1.52. The summed E-state index contributed by atoms with van der Waals surface area (Å²) >= 11 is 0. The number of hydrogen-bond acceptors (Lipinski definition) is 1. The van der Waals surface area contributed by atoms with Crippen molar-refractivity contribution >= 4 is 33.4 Å². The highest BCUT2D eigenvalue weighted by atomic mass is 32.2. The second kappa shape index (κ2) is 15.8. The number of rotatable bonds is 9. The van der Waals surface area contributed by atoms with Gasteiger partial charge in [-0.05, 0) is 36.4 Å². The lowest BCUT2D eigenvalue weighted by Crippen LogP contribution is -2.69. The molecular weight excluding hydrogens is 561 g/mol. The molecule has 0 aliphatic rings. The van der Waals surface area contributed by atoms with Crippen LogP contribution in [0.25, 0.3) is 0 Å². The summed E-state index contributed by atoms with van der Waals surface area (Å²) in [6.45, 7) is 4.70. The van der Waals surface area contributed by atoms with E-state index in [1.807, 2.05) is 12.1 Å². The fourth-order valence-electron chi connectivity index (χ4n) is 6.50. The fraction of sp³-hybridized carbons (Fsp3) is 0.119. The van der Waals surface area contributed by atoms with E-state index in [-0.39, 0.29) is 10.9 Å². The van der Waals surface area contributed by atoms with Gasteiger partial charge < -0.3 is 0 Å². The molecule has 1 atom stereocenters. The Morgan fingerprint density at radius 3 is 1.22 bits per heavy atom. The Kier molecular flexibility index (Phi) is 11.1. The van der Waals surface area contributed by atoms with Crippen molar-refractivity contribution in [2.24, 2.45) is 0 Å². The molecule has 6 rings (SSSR count). The summed E-state index contributed by atoms with van der Waals surface area (Å²) in [5, 5.41) is 8.92. The van der Waals surface area contributed by atoms with Crippen molar-refractivity contribution in [1.82, 2.24) is 0 Å². The third-order valence-corrected chi connectivity index (χ3v) is 11.2. The van der Waals surface area contributed by atoms with Gasteiger partial charge in [-0.2, -0.15) is 27.5 Å². The second-order valence-corrected chi connectivity index (χ2v) is 13.5. The predicted molar refractivity (Wildman–Crippen MR) is 195 cm³/mol. The van der Waals surface area contributed by atoms with E-state index in [1.54, 1.807) is 0 Å². The quantitative estimate of drug-likeness (QED) is 0.120. The van der Waals surface area contributed by atoms with Gasteiger partial charge in [0.15, 0.2) is 9.79 Å². The van der Waals surface area contributed by atoms with Crippen LogP contribution < -0.4 is 16.4 Å². The minimum Gasteiger partial charge on any atom is -0.200 e. The fourth-order valence-corrected chi connectivity index (χ4v) is 8.60. The highest BCUT2D eigenvalue weighted by Gasteiger charge is 2.34. The van der Waals surface area contributed by atoms with Crippen LogP contribution in [0.2, 0.25) is 5.82 Å². The summed E-state index contributed by atoms with van der Waals surface area (Å²) < 4.78 is 0. The summed E-state index contributed by atoms with van der Waals surface area (Å²) in [7, 11) is 0.00631. The number of hydrogen-bond donors (Lipinski definition) is 0. The van der Waals surface area contributed by atoms with Crippen molar-refractivity contribution in [2.45, 2.75) is 41.6 Å². The van der Waals surface area contributed by atoms with Crippen LogP contribution in [-0.2, 0) is 16.6 Å². The van der Waals surface area contributed by atoms with Gasteiger partial charge in [-0.15, -0.1) is 0 Å². The Labute approximate surface area is 272 Å². The van der Waals surface area contributed by atoms with Gasteiger partial charge in [0.25, 0.3) is 0 Å². The summed E-state index contributed by atoms with van der Waals surface area (Å²) in [4.78, 5) is 2.69. The molecule has 3 heteroatoms. The van der Waals surface area contributed by atoms with Gasteiger partial charge in [-0.1, -0.05) is 160 Å². The molecule has 0 amide bonds. The zero-order valence-corrected chi connectivity index (χ0v) is 27.0. The molecule has 0 heterocycles. The van der Waals surface area contributed by atoms with Crippen LogP contribution in [0.3, 0.4) is 0 Å². The zero-order chi connectivity index (χ0) is 31.3. The van der Waals surface area contributed by atoms with Crippen LogP contribution >= 0.6 is 0 Å². The molecule has 0 N–H and O–H groups in total. The van der Waals surface area contributed by atoms with E-state index in [9.17, 15) is 0 Å². The predicted octanol–water partition coefficient (Wildman–Crippen LogP) is 8.75. The van der Waals surface area contributed by atoms with Gasteiger partial charge in [0.1, 0.15) is 5.75 Å². The van der Waals surface area contributed by atoms with E-state index in [0.29, 0.717) is 11.4 Å². The van der Waals surface area contributed by atoms with Crippen molar-refractivity contribution in [3.63, 3.8) is 0 Å². The Hall–Kier alpha value is -4.78. The van der Waals surface area contributed by atoms with Gasteiger partial charge in [-0.25, -0.2) is 0 Å². The summed E-state index contributed by atoms with van der Waals surface area (Å²) in [6, 6.07) is 64.5. The Morgan fingerprint density at radius 1 is 0.533 bits per heavy atom. The molecule has 0 fully saturated rings. The van der Waals surface area contributed by atoms with Crippen molar-refractivity contribution in [1.29, 1.82) is 5.26 Å². The van der Waals surface area contributed by atoms with Gasteiger partial charge >= 0.3 is 0 Å². The van der Waals surface area contributed by atoms with Crippen LogP contribution in [0.5, 0.6) is 0 Å². The number of nitrogens with zero attached hydrogens (tertiary/aromatic N) is 1. The molecule has 0 spiro atoms. The van der Waals surface area contributed by atoms with Crippen molar-refractivity contribution in [2.75, 3.05) is 0 Å². The molecule has 0 aliphatic heterocycles. The van der Waals surface area contributed by atoms with E-state index < -0.39 is 6.15 Å². The smallest absolute Gasteiger partial charge is 0.161 e. The molecule has 0 aromatic heterocycles. The molecule has 0 radical (unpaired) electrons. The lowest BCUT2D eigenvalue weighted by atomic mass is 9.10. The second-order valence-electron chi connectivity index (χ2n) is 11.5. The molecule has 6 aromatic rings. The number of benzene rings is 6. The average Bonchev–Trinajstić information content (AvgIpc) is 3.13. The van der Waals surface area contributed by atoms with E-state index in [2.05, 4.69) is 184 Å². The van der Waals surface area contributed by atoms with Gasteiger partial charge in [0.05, 0.1) is 28.7 Å². The first-order valence-electron chi connectivity index (χ1n) is 15.8. The van der Waals surface area contributed by atoms with Crippen LogP contribution in [0.1, 0.15) is 31.4 Å². The Bertz CT molecular complexity index is 1620. The highest BCUT2D eigenvalue weighted by molar-refractivity contribution is 7.96. The van der Waals surface area contributed by atoms with Crippen LogP contribution in [0, 0.1) is 11.3 Å². The SMILES string of the molecule is CCC(C)[B-](c1ccccc1)(c1ccccc1)c1ccccc1.N#Cc1ccc(C[S+](c2ccccc2)c2ccccc2)cc1. The standard InChI is InChI=1S/C22H24B.C20H16NS/c1-3-19(2)23(20-13-7-4-8-14-20,21-15-9-5-10-16-21)22-17-11-6-12-18-22;21-15-17-11-13-18(14-12-17)16-22(19-7-3-1-4-8-19)20-9-5-2-6-10-20/h4-19H,3H2,1-2H3;1-14H,16H2/q-1;+1. The van der Waals surface area contributed by atoms with Gasteiger partial charge in [0, 0.05) is 5.56 Å². The summed E-state index contributed by atoms with van der Waals surface area (Å²) in [5.41, 5.74) is 6.26. The van der Waals surface area contributed by atoms with Crippen molar-refractivity contribution in [3.8, 4) is 6.07 Å². The topological polar surface area (TPSA) is 23.8 Å². The third kappa shape index (κ3) is 7.48. The molecule has 0 aliphatic carbocycles. The van der Waals surface area contributed by atoms with Crippen molar-refractivity contribution in [3.05, 3.63) is 187 Å². The van der Waals surface area contributed by atoms with Crippen LogP contribution in [0.15, 0.2) is 186 Å². The number of nitriles is 1. The normalized spacial score (nSPS) is 11.6.